The van der Waals surface area contributed by atoms with Gasteiger partial charge in [-0.3, -0.25) is 4.79 Å². The number of nitrogens with one attached hydrogen (secondary N) is 1. The number of hydrogen-bond donors (Lipinski definition) is 1. The summed E-state index contributed by atoms with van der Waals surface area (Å²) in [5.74, 6) is 0.771. The summed E-state index contributed by atoms with van der Waals surface area (Å²) in [6, 6.07) is 5.25. The molecule has 2 heterocycles. The second kappa shape index (κ2) is 9.61. The predicted octanol–water partition coefficient (Wildman–Crippen LogP) is 3.82. The van der Waals surface area contributed by atoms with Gasteiger partial charge in [0.25, 0.3) is 11.1 Å². The van der Waals surface area contributed by atoms with E-state index in [0.717, 1.165) is 41.5 Å². The Hall–Kier alpha value is -3.05. The summed E-state index contributed by atoms with van der Waals surface area (Å²) in [7, 11) is 4.45. The van der Waals surface area contributed by atoms with Gasteiger partial charge in [-0.15, -0.1) is 21.5 Å². The van der Waals surface area contributed by atoms with E-state index in [1.807, 2.05) is 0 Å². The number of carbonyl (C=O) groups is 2. The van der Waals surface area contributed by atoms with Crippen molar-refractivity contribution in [1.29, 1.82) is 0 Å². The Kier molecular flexibility index (Phi) is 6.66. The summed E-state index contributed by atoms with van der Waals surface area (Å²) in [5, 5.41) is 11.6. The lowest BCUT2D eigenvalue weighted by atomic mass is 10.1. The van der Waals surface area contributed by atoms with Gasteiger partial charge in [0.2, 0.25) is 5.91 Å². The van der Waals surface area contributed by atoms with Crippen LogP contribution < -0.4 is 14.8 Å². The number of nitrogens with zero attached hydrogens (tertiary/aromatic N) is 2. The summed E-state index contributed by atoms with van der Waals surface area (Å²) >= 11 is 2.53. The molecule has 0 unspecified atom stereocenters. The first-order valence-corrected chi connectivity index (χ1v) is 11.6. The Morgan fingerprint density at radius 2 is 2.03 bits per heavy atom. The summed E-state index contributed by atoms with van der Waals surface area (Å²) in [6.07, 6.45) is 2.74. The fourth-order valence-corrected chi connectivity index (χ4v) is 5.32. The topological polar surface area (TPSA) is 113 Å². The fraction of sp³-hybridized carbons (Fsp3) is 0.333. The van der Waals surface area contributed by atoms with Crippen molar-refractivity contribution < 1.29 is 28.2 Å². The average Bonchev–Trinajstić information content (AvgIpc) is 3.53. The van der Waals surface area contributed by atoms with Crippen molar-refractivity contribution in [3.05, 3.63) is 34.2 Å². The molecule has 4 rings (SSSR count). The van der Waals surface area contributed by atoms with E-state index in [0.29, 0.717) is 27.6 Å². The number of thiophene rings is 1. The highest BCUT2D eigenvalue weighted by atomic mass is 32.2. The Bertz CT molecular complexity index is 1160. The van der Waals surface area contributed by atoms with Gasteiger partial charge in [0.15, 0.2) is 0 Å². The van der Waals surface area contributed by atoms with E-state index < -0.39 is 5.97 Å². The zero-order valence-corrected chi connectivity index (χ0v) is 19.4. The number of ether oxygens (including phenoxy) is 3. The van der Waals surface area contributed by atoms with Gasteiger partial charge in [0.1, 0.15) is 16.5 Å². The van der Waals surface area contributed by atoms with Crippen LogP contribution in [-0.2, 0) is 22.4 Å². The third-order valence-electron chi connectivity index (χ3n) is 4.93. The minimum Gasteiger partial charge on any atom is -0.497 e. The minimum atomic E-state index is -0.430. The Balaban J connectivity index is 1.43. The SMILES string of the molecule is COC(=O)c1c(NC(=O)CSc2nnc(-c3cc(OC)ccc3OC)o2)sc2c1CCC2. The highest BCUT2D eigenvalue weighted by Crippen LogP contribution is 2.39. The van der Waals surface area contributed by atoms with Crippen LogP contribution in [0.1, 0.15) is 27.2 Å². The number of fused-ring (bicyclic) bond motifs is 1. The normalized spacial score (nSPS) is 12.3. The van der Waals surface area contributed by atoms with E-state index in [1.54, 1.807) is 32.4 Å². The Morgan fingerprint density at radius 3 is 2.78 bits per heavy atom. The molecular weight excluding hydrogens is 454 g/mol. The quantitative estimate of drug-likeness (QED) is 0.384. The molecule has 1 aliphatic rings. The molecule has 0 radical (unpaired) electrons. The third-order valence-corrected chi connectivity index (χ3v) is 6.96. The molecule has 1 amide bonds. The number of thioether (sulfide) groups is 1. The number of rotatable bonds is 8. The average molecular weight is 476 g/mol. The molecule has 2 aromatic heterocycles. The second-order valence-corrected chi connectivity index (χ2v) is 8.86. The molecule has 0 saturated carbocycles. The van der Waals surface area contributed by atoms with Gasteiger partial charge in [-0.2, -0.15) is 0 Å². The van der Waals surface area contributed by atoms with E-state index in [-0.39, 0.29) is 22.8 Å². The summed E-state index contributed by atoms with van der Waals surface area (Å²) in [5.41, 5.74) is 2.04. The lowest BCUT2D eigenvalue weighted by molar-refractivity contribution is -0.113. The molecule has 9 nitrogen and oxygen atoms in total. The van der Waals surface area contributed by atoms with Crippen molar-refractivity contribution in [2.45, 2.75) is 24.5 Å². The first-order valence-electron chi connectivity index (χ1n) is 9.75. The standard InChI is InChI=1S/C21H21N3O6S2/c1-27-11-7-8-14(28-2)13(9-11)18-23-24-21(30-18)31-10-16(25)22-19-17(20(26)29-3)12-5-4-6-15(12)32-19/h7-9H,4-6,10H2,1-3H3,(H,22,25). The van der Waals surface area contributed by atoms with Gasteiger partial charge in [0, 0.05) is 4.88 Å². The predicted molar refractivity (Wildman–Crippen MR) is 120 cm³/mol. The number of carbonyl (C=O) groups excluding carboxylic acids is 2. The maximum absolute atomic E-state index is 12.5. The van der Waals surface area contributed by atoms with E-state index in [2.05, 4.69) is 15.5 Å². The zero-order chi connectivity index (χ0) is 22.7. The van der Waals surface area contributed by atoms with E-state index in [4.69, 9.17) is 18.6 Å². The molecule has 0 atom stereocenters. The van der Waals surface area contributed by atoms with Crippen LogP contribution >= 0.6 is 23.1 Å². The highest BCUT2D eigenvalue weighted by Gasteiger charge is 2.28. The lowest BCUT2D eigenvalue weighted by Crippen LogP contribution is -2.16. The van der Waals surface area contributed by atoms with Crippen LogP contribution in [-0.4, -0.2) is 49.2 Å². The zero-order valence-electron chi connectivity index (χ0n) is 17.7. The molecule has 3 aromatic rings. The second-order valence-electron chi connectivity index (χ2n) is 6.83. The van der Waals surface area contributed by atoms with Gasteiger partial charge in [-0.25, -0.2) is 4.79 Å². The first kappa shape index (κ1) is 22.2. The summed E-state index contributed by atoms with van der Waals surface area (Å²) in [4.78, 5) is 25.9. The minimum absolute atomic E-state index is 0.0417. The number of hydrogen-bond acceptors (Lipinski definition) is 10. The molecule has 1 aromatic carbocycles. The van der Waals surface area contributed by atoms with Crippen molar-refractivity contribution in [2.24, 2.45) is 0 Å². The van der Waals surface area contributed by atoms with Crippen LogP contribution in [0.25, 0.3) is 11.5 Å². The number of esters is 1. The third kappa shape index (κ3) is 4.44. The van der Waals surface area contributed by atoms with Crippen molar-refractivity contribution in [2.75, 3.05) is 32.4 Å². The van der Waals surface area contributed by atoms with Crippen molar-refractivity contribution in [1.82, 2.24) is 10.2 Å². The smallest absolute Gasteiger partial charge is 0.341 e. The first-order chi connectivity index (χ1) is 15.5. The maximum Gasteiger partial charge on any atom is 0.341 e. The molecule has 168 valence electrons. The van der Waals surface area contributed by atoms with Crippen molar-refractivity contribution in [3.63, 3.8) is 0 Å². The molecule has 1 N–H and O–H groups in total. The number of amides is 1. The highest BCUT2D eigenvalue weighted by molar-refractivity contribution is 7.99. The van der Waals surface area contributed by atoms with Gasteiger partial charge in [-0.05, 0) is 43.0 Å². The van der Waals surface area contributed by atoms with Crippen molar-refractivity contribution in [3.8, 4) is 23.0 Å². The molecule has 0 aliphatic heterocycles. The molecule has 0 saturated heterocycles. The van der Waals surface area contributed by atoms with Crippen LogP contribution in [0.2, 0.25) is 0 Å². The largest absolute Gasteiger partial charge is 0.497 e. The van der Waals surface area contributed by atoms with E-state index in [1.165, 1.54) is 18.4 Å². The number of aromatic nitrogens is 2. The summed E-state index contributed by atoms with van der Waals surface area (Å²) < 4.78 is 21.2. The molecule has 0 bridgehead atoms. The monoisotopic (exact) mass is 475 g/mol. The lowest BCUT2D eigenvalue weighted by Gasteiger charge is -2.07. The van der Waals surface area contributed by atoms with Crippen LogP contribution in [0.4, 0.5) is 5.00 Å². The summed E-state index contributed by atoms with van der Waals surface area (Å²) in [6.45, 7) is 0. The van der Waals surface area contributed by atoms with Crippen molar-refractivity contribution >= 4 is 40.0 Å². The van der Waals surface area contributed by atoms with Gasteiger partial charge >= 0.3 is 5.97 Å². The van der Waals surface area contributed by atoms with Crippen LogP contribution in [0, 0.1) is 0 Å². The number of anilines is 1. The molecular formula is C21H21N3O6S2. The van der Waals surface area contributed by atoms with Crippen LogP contribution in [0.15, 0.2) is 27.8 Å². The number of benzene rings is 1. The van der Waals surface area contributed by atoms with Gasteiger partial charge < -0.3 is 23.9 Å². The van der Waals surface area contributed by atoms with E-state index >= 15 is 0 Å². The molecule has 32 heavy (non-hydrogen) atoms. The Labute approximate surface area is 192 Å². The van der Waals surface area contributed by atoms with Gasteiger partial charge in [0.05, 0.1) is 38.2 Å². The van der Waals surface area contributed by atoms with E-state index in [9.17, 15) is 9.59 Å². The molecule has 0 fully saturated rings. The number of methoxy groups -OCH3 is 3. The molecule has 1 aliphatic carbocycles. The maximum atomic E-state index is 12.5. The molecule has 0 spiro atoms. The van der Waals surface area contributed by atoms with Crippen LogP contribution in [0.3, 0.4) is 0 Å². The molecule has 11 heteroatoms. The Morgan fingerprint density at radius 1 is 1.19 bits per heavy atom. The fourth-order valence-electron chi connectivity index (χ4n) is 3.46. The number of aryl methyl sites for hydroxylation is 1. The van der Waals surface area contributed by atoms with Crippen LogP contribution in [0.5, 0.6) is 11.5 Å². The van der Waals surface area contributed by atoms with Gasteiger partial charge in [-0.1, -0.05) is 11.8 Å².